The fourth-order valence-electron chi connectivity index (χ4n) is 4.65. The maximum atomic E-state index is 11.3. The standard InChI is InChI=1S/C24H25N5O3/c25-14-17-1-3-19(4-2-17)20-13-22-21(26-23(20)27-9-11-32-12-10-27)6-8-28(22)15-18-5-7-29(16-18)24(30)31/h1-4,6,8,13,18H,5,7,9-12,15-16H2,(H,30,31)/t18-/m1/s1. The van der Waals surface area contributed by atoms with Crippen LogP contribution in [0.1, 0.15) is 12.0 Å². The van der Waals surface area contributed by atoms with Gasteiger partial charge in [-0.05, 0) is 42.2 Å². The number of amides is 1. The zero-order valence-corrected chi connectivity index (χ0v) is 17.8. The Morgan fingerprint density at radius 1 is 1.19 bits per heavy atom. The minimum Gasteiger partial charge on any atom is -0.465 e. The zero-order valence-electron chi connectivity index (χ0n) is 17.8. The Labute approximate surface area is 186 Å². The van der Waals surface area contributed by atoms with Crippen molar-refractivity contribution in [2.45, 2.75) is 13.0 Å². The first kappa shape index (κ1) is 20.3. The van der Waals surface area contributed by atoms with Crippen molar-refractivity contribution in [2.24, 2.45) is 5.92 Å². The number of pyridine rings is 1. The topological polar surface area (TPSA) is 94.6 Å². The molecule has 0 bridgehead atoms. The Kier molecular flexibility index (Phi) is 5.41. The van der Waals surface area contributed by atoms with Crippen LogP contribution in [0.3, 0.4) is 0 Å². The van der Waals surface area contributed by atoms with Gasteiger partial charge in [0.2, 0.25) is 0 Å². The van der Waals surface area contributed by atoms with Crippen LogP contribution in [-0.2, 0) is 11.3 Å². The highest BCUT2D eigenvalue weighted by Crippen LogP contribution is 2.34. The van der Waals surface area contributed by atoms with E-state index in [0.717, 1.165) is 54.0 Å². The average Bonchev–Trinajstić information content (AvgIpc) is 3.46. The van der Waals surface area contributed by atoms with Gasteiger partial charge in [0.15, 0.2) is 0 Å². The molecule has 1 amide bonds. The van der Waals surface area contributed by atoms with Gasteiger partial charge in [0.25, 0.3) is 0 Å². The predicted octanol–water partition coefficient (Wildman–Crippen LogP) is 3.41. The van der Waals surface area contributed by atoms with E-state index in [1.165, 1.54) is 4.90 Å². The second-order valence-electron chi connectivity index (χ2n) is 8.40. The Bertz CT molecular complexity index is 1170. The summed E-state index contributed by atoms with van der Waals surface area (Å²) in [7, 11) is 0. The molecule has 1 aromatic carbocycles. The van der Waals surface area contributed by atoms with Crippen molar-refractivity contribution < 1.29 is 14.6 Å². The Hall–Kier alpha value is -3.57. The summed E-state index contributed by atoms with van der Waals surface area (Å²) < 4.78 is 7.72. The van der Waals surface area contributed by atoms with Crippen molar-refractivity contribution in [1.82, 2.24) is 14.5 Å². The molecular formula is C24H25N5O3. The molecule has 8 nitrogen and oxygen atoms in total. The molecule has 1 N–H and O–H groups in total. The summed E-state index contributed by atoms with van der Waals surface area (Å²) >= 11 is 0. The number of nitrogens with zero attached hydrogens (tertiary/aromatic N) is 5. The normalized spacial score (nSPS) is 18.8. The molecule has 2 aliphatic heterocycles. The van der Waals surface area contributed by atoms with Crippen LogP contribution < -0.4 is 4.90 Å². The van der Waals surface area contributed by atoms with Crippen molar-refractivity contribution in [1.29, 1.82) is 5.26 Å². The van der Waals surface area contributed by atoms with Gasteiger partial charge in [-0.1, -0.05) is 12.1 Å². The number of likely N-dealkylation sites (tertiary alicyclic amines) is 1. The summed E-state index contributed by atoms with van der Waals surface area (Å²) in [6.45, 7) is 4.85. The van der Waals surface area contributed by atoms with Gasteiger partial charge in [0.1, 0.15) is 5.82 Å². The van der Waals surface area contributed by atoms with Crippen molar-refractivity contribution in [3.63, 3.8) is 0 Å². The fourth-order valence-corrected chi connectivity index (χ4v) is 4.65. The lowest BCUT2D eigenvalue weighted by atomic mass is 10.0. The molecule has 5 rings (SSSR count). The molecule has 2 aliphatic rings. The molecule has 1 atom stereocenters. The maximum absolute atomic E-state index is 11.3. The highest BCUT2D eigenvalue weighted by Gasteiger charge is 2.27. The molecular weight excluding hydrogens is 406 g/mol. The summed E-state index contributed by atoms with van der Waals surface area (Å²) in [5.41, 5.74) is 4.64. The molecule has 2 aromatic heterocycles. The second kappa shape index (κ2) is 8.52. The number of carboxylic acid groups (broad SMARTS) is 1. The number of anilines is 1. The summed E-state index contributed by atoms with van der Waals surface area (Å²) in [4.78, 5) is 20.1. The molecule has 0 aliphatic carbocycles. The van der Waals surface area contributed by atoms with Crippen LogP contribution in [0, 0.1) is 17.2 Å². The van der Waals surface area contributed by atoms with Gasteiger partial charge in [-0.3, -0.25) is 0 Å². The molecule has 2 saturated heterocycles. The van der Waals surface area contributed by atoms with Crippen molar-refractivity contribution >= 4 is 22.9 Å². The molecule has 0 saturated carbocycles. The van der Waals surface area contributed by atoms with Crippen LogP contribution in [-0.4, -0.2) is 65.0 Å². The highest BCUT2D eigenvalue weighted by molar-refractivity contribution is 5.88. The van der Waals surface area contributed by atoms with Crippen LogP contribution in [0.15, 0.2) is 42.6 Å². The van der Waals surface area contributed by atoms with Crippen molar-refractivity contribution in [3.05, 3.63) is 48.2 Å². The van der Waals surface area contributed by atoms with Crippen LogP contribution >= 0.6 is 0 Å². The van der Waals surface area contributed by atoms with E-state index >= 15 is 0 Å². The van der Waals surface area contributed by atoms with Crippen LogP contribution in [0.25, 0.3) is 22.2 Å². The van der Waals surface area contributed by atoms with E-state index in [-0.39, 0.29) is 0 Å². The third-order valence-electron chi connectivity index (χ3n) is 6.38. The number of hydrogen-bond donors (Lipinski definition) is 1. The van der Waals surface area contributed by atoms with Crippen molar-refractivity contribution in [3.8, 4) is 17.2 Å². The van der Waals surface area contributed by atoms with Gasteiger partial charge in [-0.25, -0.2) is 9.78 Å². The molecule has 0 radical (unpaired) electrons. The summed E-state index contributed by atoms with van der Waals surface area (Å²) in [6, 6.07) is 14.0. The second-order valence-corrected chi connectivity index (χ2v) is 8.40. The number of carbonyl (C=O) groups is 1. The Morgan fingerprint density at radius 2 is 1.97 bits per heavy atom. The highest BCUT2D eigenvalue weighted by atomic mass is 16.5. The number of aromatic nitrogens is 2. The molecule has 3 aromatic rings. The lowest BCUT2D eigenvalue weighted by Gasteiger charge is -2.29. The largest absolute Gasteiger partial charge is 0.465 e. The first-order valence-corrected chi connectivity index (χ1v) is 10.9. The first-order chi connectivity index (χ1) is 15.6. The number of hydrogen-bond acceptors (Lipinski definition) is 5. The molecule has 8 heteroatoms. The third kappa shape index (κ3) is 3.87. The van der Waals surface area contributed by atoms with Gasteiger partial charge in [0.05, 0.1) is 35.9 Å². The van der Waals surface area contributed by atoms with Gasteiger partial charge < -0.3 is 24.2 Å². The minimum absolute atomic E-state index is 0.291. The average molecular weight is 431 g/mol. The fraction of sp³-hybridized carbons (Fsp3) is 0.375. The van der Waals surface area contributed by atoms with Crippen LogP contribution in [0.4, 0.5) is 10.6 Å². The quantitative estimate of drug-likeness (QED) is 0.680. The van der Waals surface area contributed by atoms with Gasteiger partial charge in [-0.2, -0.15) is 5.26 Å². The smallest absolute Gasteiger partial charge is 0.407 e. The predicted molar refractivity (Wildman–Crippen MR) is 121 cm³/mol. The van der Waals surface area contributed by atoms with Crippen molar-refractivity contribution in [2.75, 3.05) is 44.3 Å². The Balaban J connectivity index is 1.53. The lowest BCUT2D eigenvalue weighted by Crippen LogP contribution is -2.37. The monoisotopic (exact) mass is 431 g/mol. The molecule has 0 spiro atoms. The summed E-state index contributed by atoms with van der Waals surface area (Å²) in [5, 5.41) is 18.4. The molecule has 164 valence electrons. The molecule has 4 heterocycles. The third-order valence-corrected chi connectivity index (χ3v) is 6.38. The van der Waals surface area contributed by atoms with E-state index in [4.69, 9.17) is 15.0 Å². The van der Waals surface area contributed by atoms with Gasteiger partial charge in [-0.15, -0.1) is 0 Å². The number of rotatable bonds is 4. The first-order valence-electron chi connectivity index (χ1n) is 10.9. The number of benzene rings is 1. The zero-order chi connectivity index (χ0) is 22.1. The van der Waals surface area contributed by atoms with E-state index < -0.39 is 6.09 Å². The number of ether oxygens (including phenoxy) is 1. The van der Waals surface area contributed by atoms with Gasteiger partial charge in [0, 0.05) is 44.5 Å². The summed E-state index contributed by atoms with van der Waals surface area (Å²) in [5.74, 6) is 1.22. The van der Waals surface area contributed by atoms with E-state index in [9.17, 15) is 9.90 Å². The summed E-state index contributed by atoms with van der Waals surface area (Å²) in [6.07, 6.45) is 2.07. The Morgan fingerprint density at radius 3 is 2.66 bits per heavy atom. The molecule has 32 heavy (non-hydrogen) atoms. The van der Waals surface area contributed by atoms with E-state index in [1.54, 1.807) is 0 Å². The SMILES string of the molecule is N#Cc1ccc(-c2cc3c(ccn3C[C@H]3CCN(C(=O)O)C3)nc2N2CCOCC2)cc1. The van der Waals surface area contributed by atoms with E-state index in [0.29, 0.717) is 37.8 Å². The maximum Gasteiger partial charge on any atom is 0.407 e. The molecule has 0 unspecified atom stereocenters. The number of fused-ring (bicyclic) bond motifs is 1. The molecule has 2 fully saturated rings. The number of morpholine rings is 1. The van der Waals surface area contributed by atoms with E-state index in [1.807, 2.05) is 36.5 Å². The van der Waals surface area contributed by atoms with E-state index in [2.05, 4.69) is 21.6 Å². The number of nitriles is 1. The minimum atomic E-state index is -0.843. The van der Waals surface area contributed by atoms with Gasteiger partial charge >= 0.3 is 6.09 Å². The van der Waals surface area contributed by atoms with Crippen LogP contribution in [0.2, 0.25) is 0 Å². The van der Waals surface area contributed by atoms with Crippen LogP contribution in [0.5, 0.6) is 0 Å². The lowest BCUT2D eigenvalue weighted by molar-refractivity contribution is 0.122.